The van der Waals surface area contributed by atoms with Crippen molar-refractivity contribution in [3.8, 4) is 11.5 Å². The Morgan fingerprint density at radius 3 is 2.33 bits per heavy atom. The van der Waals surface area contributed by atoms with Crippen LogP contribution in [0, 0.1) is 11.8 Å². The molecule has 2 aromatic carbocycles. The number of methoxy groups -OCH3 is 2. The van der Waals surface area contributed by atoms with Crippen LogP contribution in [0.4, 0.5) is 0 Å². The van der Waals surface area contributed by atoms with Crippen LogP contribution in [-0.2, 0) is 29.7 Å². The predicted octanol–water partition coefficient (Wildman–Crippen LogP) is 4.30. The molecule has 7 nitrogen and oxygen atoms in total. The quantitative estimate of drug-likeness (QED) is 0.477. The normalized spacial score (nSPS) is 18.3. The number of fused-ring (bicyclic) bond motifs is 1. The lowest BCUT2D eigenvalue weighted by molar-refractivity contribution is -0.146. The number of aryl methyl sites for hydroxylation is 2. The first kappa shape index (κ1) is 23.0. The molecule has 1 fully saturated rings. The van der Waals surface area contributed by atoms with E-state index in [4.69, 9.17) is 14.2 Å². The summed E-state index contributed by atoms with van der Waals surface area (Å²) < 4.78 is 19.6. The molecule has 7 heteroatoms. The Hall–Kier alpha value is -3.22. The molecule has 1 heterocycles. The van der Waals surface area contributed by atoms with Crippen LogP contribution < -0.4 is 15.2 Å². The van der Waals surface area contributed by atoms with Gasteiger partial charge in [0, 0.05) is 19.7 Å². The summed E-state index contributed by atoms with van der Waals surface area (Å²) in [6.45, 7) is 1.10. The van der Waals surface area contributed by atoms with Crippen LogP contribution in [0.2, 0.25) is 0 Å². The zero-order valence-electron chi connectivity index (χ0n) is 19.6. The number of imidazole rings is 1. The summed E-state index contributed by atoms with van der Waals surface area (Å²) in [5.41, 5.74) is 2.81. The van der Waals surface area contributed by atoms with Crippen molar-refractivity contribution < 1.29 is 19.0 Å². The third kappa shape index (κ3) is 5.07. The Balaban J connectivity index is 1.43. The van der Waals surface area contributed by atoms with E-state index in [2.05, 4.69) is 0 Å². The van der Waals surface area contributed by atoms with Gasteiger partial charge in [-0.05, 0) is 67.9 Å². The van der Waals surface area contributed by atoms with Gasteiger partial charge in [-0.15, -0.1) is 0 Å². The summed E-state index contributed by atoms with van der Waals surface area (Å²) in [6.07, 6.45) is 4.64. The van der Waals surface area contributed by atoms with E-state index in [0.29, 0.717) is 19.1 Å². The highest BCUT2D eigenvalue weighted by Crippen LogP contribution is 2.32. The highest BCUT2D eigenvalue weighted by Gasteiger charge is 2.27. The van der Waals surface area contributed by atoms with E-state index in [1.54, 1.807) is 18.7 Å². The fraction of sp³-hybridized carbons (Fsp3) is 0.462. The summed E-state index contributed by atoms with van der Waals surface area (Å²) >= 11 is 0. The highest BCUT2D eigenvalue weighted by molar-refractivity contribution is 5.77. The summed E-state index contributed by atoms with van der Waals surface area (Å²) in [5.74, 6) is 1.99. The lowest BCUT2D eigenvalue weighted by atomic mass is 9.80. The number of hydrogen-bond acceptors (Lipinski definition) is 5. The molecule has 33 heavy (non-hydrogen) atoms. The molecule has 0 unspecified atom stereocenters. The van der Waals surface area contributed by atoms with Crippen LogP contribution in [0.15, 0.2) is 47.3 Å². The minimum Gasteiger partial charge on any atom is -0.497 e. The van der Waals surface area contributed by atoms with Gasteiger partial charge in [-0.1, -0.05) is 12.1 Å². The first-order valence-corrected chi connectivity index (χ1v) is 11.5. The summed E-state index contributed by atoms with van der Waals surface area (Å²) in [5, 5.41) is 0. The number of carbonyl (C=O) groups excluding carboxylic acids is 1. The monoisotopic (exact) mass is 452 g/mol. The molecule has 0 amide bonds. The van der Waals surface area contributed by atoms with Gasteiger partial charge >= 0.3 is 11.7 Å². The van der Waals surface area contributed by atoms with Crippen molar-refractivity contribution in [3.63, 3.8) is 0 Å². The minimum absolute atomic E-state index is 0.0134. The number of nitrogens with zero attached hydrogens (tertiary/aromatic N) is 2. The maximum Gasteiger partial charge on any atom is 0.328 e. The topological polar surface area (TPSA) is 71.7 Å². The van der Waals surface area contributed by atoms with Gasteiger partial charge in [0.25, 0.3) is 0 Å². The lowest BCUT2D eigenvalue weighted by Gasteiger charge is -2.26. The average molecular weight is 453 g/mol. The molecule has 0 atom stereocenters. The standard InChI is InChI=1S/C26H32N2O5/c1-27-23-13-12-22(33-17-19-6-10-21(31-2)11-7-19)16-24(23)28(26(27)30)15-14-18-4-8-20(9-5-18)25(29)32-3/h6-7,10-13,16,18,20H,4-5,8-9,14-15,17H2,1-3H3. The maximum atomic E-state index is 12.9. The Kier molecular flexibility index (Phi) is 7.06. The molecular weight excluding hydrogens is 420 g/mol. The SMILES string of the molecule is COC(=O)C1CCC(CCn2c(=O)n(C)c3ccc(OCc4ccc(OC)cc4)cc32)CC1. The van der Waals surface area contributed by atoms with Gasteiger partial charge in [-0.2, -0.15) is 0 Å². The van der Waals surface area contributed by atoms with E-state index in [9.17, 15) is 9.59 Å². The molecule has 1 aromatic heterocycles. The molecule has 1 aliphatic rings. The van der Waals surface area contributed by atoms with Crippen LogP contribution in [0.3, 0.4) is 0 Å². The molecule has 0 aliphatic heterocycles. The van der Waals surface area contributed by atoms with E-state index < -0.39 is 0 Å². The maximum absolute atomic E-state index is 12.9. The van der Waals surface area contributed by atoms with E-state index >= 15 is 0 Å². The summed E-state index contributed by atoms with van der Waals surface area (Å²) in [4.78, 5) is 24.7. The predicted molar refractivity (Wildman–Crippen MR) is 127 cm³/mol. The molecule has 0 saturated heterocycles. The molecule has 0 N–H and O–H groups in total. The van der Waals surface area contributed by atoms with Gasteiger partial charge in [0.1, 0.15) is 18.1 Å². The fourth-order valence-corrected chi connectivity index (χ4v) is 4.75. The third-order valence-corrected chi connectivity index (χ3v) is 6.82. The van der Waals surface area contributed by atoms with Crippen molar-refractivity contribution in [1.29, 1.82) is 0 Å². The highest BCUT2D eigenvalue weighted by atomic mass is 16.5. The second kappa shape index (κ2) is 10.1. The smallest absolute Gasteiger partial charge is 0.328 e. The molecule has 0 bridgehead atoms. The zero-order valence-corrected chi connectivity index (χ0v) is 19.6. The van der Waals surface area contributed by atoms with Crippen LogP contribution >= 0.6 is 0 Å². The molecular formula is C26H32N2O5. The van der Waals surface area contributed by atoms with Crippen LogP contribution in [0.1, 0.15) is 37.7 Å². The van der Waals surface area contributed by atoms with Crippen molar-refractivity contribution in [2.45, 2.75) is 45.3 Å². The summed E-state index contributed by atoms with van der Waals surface area (Å²) in [6, 6.07) is 13.6. The third-order valence-electron chi connectivity index (χ3n) is 6.82. The van der Waals surface area contributed by atoms with E-state index in [1.807, 2.05) is 47.0 Å². The van der Waals surface area contributed by atoms with Gasteiger partial charge in [-0.3, -0.25) is 13.9 Å². The minimum atomic E-state index is -0.0964. The van der Waals surface area contributed by atoms with Gasteiger partial charge in [0.2, 0.25) is 0 Å². The number of hydrogen-bond donors (Lipinski definition) is 0. The van der Waals surface area contributed by atoms with Crippen molar-refractivity contribution in [2.24, 2.45) is 18.9 Å². The second-order valence-corrected chi connectivity index (χ2v) is 8.81. The molecule has 1 saturated carbocycles. The lowest BCUT2D eigenvalue weighted by Crippen LogP contribution is -2.26. The Morgan fingerprint density at radius 2 is 1.67 bits per heavy atom. The Morgan fingerprint density at radius 1 is 0.970 bits per heavy atom. The first-order valence-electron chi connectivity index (χ1n) is 11.5. The number of aromatic nitrogens is 2. The van der Waals surface area contributed by atoms with Crippen molar-refractivity contribution in [1.82, 2.24) is 9.13 Å². The first-order chi connectivity index (χ1) is 16.0. The molecule has 1 aliphatic carbocycles. The number of benzene rings is 2. The van der Waals surface area contributed by atoms with Gasteiger partial charge in [0.05, 0.1) is 31.2 Å². The van der Waals surface area contributed by atoms with Crippen LogP contribution in [0.25, 0.3) is 11.0 Å². The largest absolute Gasteiger partial charge is 0.497 e. The molecule has 3 aromatic rings. The molecule has 0 spiro atoms. The van der Waals surface area contributed by atoms with Crippen LogP contribution in [-0.4, -0.2) is 29.3 Å². The average Bonchev–Trinajstić information content (AvgIpc) is 3.10. The fourth-order valence-electron chi connectivity index (χ4n) is 4.75. The second-order valence-electron chi connectivity index (χ2n) is 8.81. The Labute approximate surface area is 193 Å². The van der Waals surface area contributed by atoms with Gasteiger partial charge in [-0.25, -0.2) is 4.79 Å². The van der Waals surface area contributed by atoms with E-state index in [0.717, 1.165) is 60.2 Å². The number of esters is 1. The van der Waals surface area contributed by atoms with Crippen molar-refractivity contribution in [2.75, 3.05) is 14.2 Å². The van der Waals surface area contributed by atoms with Crippen LogP contribution in [0.5, 0.6) is 11.5 Å². The molecule has 176 valence electrons. The van der Waals surface area contributed by atoms with Gasteiger partial charge in [0.15, 0.2) is 0 Å². The van der Waals surface area contributed by atoms with E-state index in [1.165, 1.54) is 7.11 Å². The molecule has 4 rings (SSSR count). The van der Waals surface area contributed by atoms with E-state index in [-0.39, 0.29) is 17.6 Å². The van der Waals surface area contributed by atoms with Crippen molar-refractivity contribution >= 4 is 17.0 Å². The Bertz CT molecular complexity index is 1150. The number of carbonyl (C=O) groups is 1. The van der Waals surface area contributed by atoms with Crippen molar-refractivity contribution in [3.05, 3.63) is 58.5 Å². The molecule has 0 radical (unpaired) electrons. The number of rotatable bonds is 8. The number of ether oxygens (including phenoxy) is 3. The summed E-state index contributed by atoms with van der Waals surface area (Å²) in [7, 11) is 4.91. The zero-order chi connectivity index (χ0) is 23.4. The van der Waals surface area contributed by atoms with Gasteiger partial charge < -0.3 is 14.2 Å².